The van der Waals surface area contributed by atoms with E-state index in [9.17, 15) is 4.39 Å². The number of aliphatic hydroxyl groups is 1. The molecule has 1 aromatic heterocycles. The van der Waals surface area contributed by atoms with Gasteiger partial charge in [-0.1, -0.05) is 29.4 Å². The fourth-order valence-corrected chi connectivity index (χ4v) is 3.00. The predicted octanol–water partition coefficient (Wildman–Crippen LogP) is 3.60. The molecule has 1 heterocycles. The van der Waals surface area contributed by atoms with Crippen LogP contribution in [0.2, 0.25) is 0 Å². The quantitative estimate of drug-likeness (QED) is 0.344. The maximum Gasteiger partial charge on any atom is 0.258 e. The minimum Gasteiger partial charge on any atom is -0.491 e. The first-order valence-electron chi connectivity index (χ1n) is 10.8. The number of alkyl halides is 1. The first kappa shape index (κ1) is 24.8. The molecule has 8 nitrogen and oxygen atoms in total. The van der Waals surface area contributed by atoms with E-state index in [-0.39, 0.29) is 13.2 Å². The minimum atomic E-state index is -0.532. The Balaban J connectivity index is 1.46. The number of rotatable bonds is 15. The highest BCUT2D eigenvalue weighted by atomic mass is 19.1. The lowest BCUT2D eigenvalue weighted by molar-refractivity contribution is 0.00451. The van der Waals surface area contributed by atoms with Gasteiger partial charge < -0.3 is 28.6 Å². The number of nitrogens with zero attached hydrogens (tertiary/aromatic N) is 2. The lowest BCUT2D eigenvalue weighted by Gasteiger charge is -2.07. The second-order valence-electron chi connectivity index (χ2n) is 7.14. The molecule has 33 heavy (non-hydrogen) atoms. The molecule has 0 radical (unpaired) electrons. The molecule has 0 saturated heterocycles. The summed E-state index contributed by atoms with van der Waals surface area (Å²) < 4.78 is 39.2. The van der Waals surface area contributed by atoms with Crippen molar-refractivity contribution in [3.63, 3.8) is 0 Å². The zero-order chi connectivity index (χ0) is 23.3. The van der Waals surface area contributed by atoms with E-state index in [2.05, 4.69) is 10.1 Å². The van der Waals surface area contributed by atoms with Crippen LogP contribution in [0.4, 0.5) is 4.39 Å². The number of benzene rings is 2. The minimum absolute atomic E-state index is 0.0165. The Morgan fingerprint density at radius 3 is 2.27 bits per heavy atom. The summed E-state index contributed by atoms with van der Waals surface area (Å²) >= 11 is 0. The van der Waals surface area contributed by atoms with Gasteiger partial charge in [0.25, 0.3) is 5.89 Å². The van der Waals surface area contributed by atoms with Crippen LogP contribution in [0.15, 0.2) is 47.0 Å². The average Bonchev–Trinajstić information content (AvgIpc) is 3.33. The highest BCUT2D eigenvalue weighted by molar-refractivity contribution is 5.61. The molecule has 178 valence electrons. The van der Waals surface area contributed by atoms with Crippen LogP contribution in [0, 0.1) is 6.92 Å². The summed E-state index contributed by atoms with van der Waals surface area (Å²) in [4.78, 5) is 4.49. The molecular weight excluding hydrogens is 431 g/mol. The van der Waals surface area contributed by atoms with Gasteiger partial charge in [-0.3, -0.25) is 0 Å². The Labute approximate surface area is 192 Å². The highest BCUT2D eigenvalue weighted by Gasteiger charge is 2.12. The number of halogens is 1. The number of hydrogen-bond acceptors (Lipinski definition) is 8. The number of aromatic nitrogens is 2. The molecule has 0 aliphatic carbocycles. The third-order valence-corrected chi connectivity index (χ3v) is 4.64. The Bertz CT molecular complexity index is 964. The van der Waals surface area contributed by atoms with Crippen molar-refractivity contribution >= 4 is 0 Å². The molecule has 0 atom stereocenters. The van der Waals surface area contributed by atoms with Crippen LogP contribution in [-0.4, -0.2) is 68.2 Å². The number of hydrogen-bond donors (Lipinski definition) is 1. The molecule has 9 heteroatoms. The fraction of sp³-hybridized carbons (Fsp3) is 0.417. The van der Waals surface area contributed by atoms with Gasteiger partial charge >= 0.3 is 0 Å². The standard InChI is InChI=1S/C24H29FN2O6/c1-18-16-21(6-7-22(18)32-10-8-25)24-26-23(27-33-24)20-4-2-19(3-5-20)17-31-15-14-30-13-12-29-11-9-28/h2-7,16,28H,8-15,17H2,1H3. The van der Waals surface area contributed by atoms with Crippen LogP contribution in [-0.2, 0) is 20.8 Å². The fourth-order valence-electron chi connectivity index (χ4n) is 3.00. The van der Waals surface area contributed by atoms with Crippen molar-refractivity contribution in [2.45, 2.75) is 13.5 Å². The molecule has 1 N–H and O–H groups in total. The van der Waals surface area contributed by atoms with E-state index in [4.69, 9.17) is 28.6 Å². The monoisotopic (exact) mass is 460 g/mol. The molecular formula is C24H29FN2O6. The Kier molecular flexibility index (Phi) is 10.2. The van der Waals surface area contributed by atoms with Crippen molar-refractivity contribution in [1.29, 1.82) is 0 Å². The molecule has 2 aromatic carbocycles. The molecule has 0 unspecified atom stereocenters. The van der Waals surface area contributed by atoms with Crippen molar-refractivity contribution in [2.75, 3.05) is 52.9 Å². The maximum absolute atomic E-state index is 12.3. The number of aryl methyl sites for hydroxylation is 1. The van der Waals surface area contributed by atoms with Crippen molar-refractivity contribution < 1.29 is 33.0 Å². The summed E-state index contributed by atoms with van der Waals surface area (Å²) in [6.07, 6.45) is 0. The summed E-state index contributed by atoms with van der Waals surface area (Å²) in [5, 5.41) is 12.7. The van der Waals surface area contributed by atoms with E-state index in [0.29, 0.717) is 57.1 Å². The van der Waals surface area contributed by atoms with E-state index in [1.165, 1.54) is 0 Å². The van der Waals surface area contributed by atoms with E-state index in [1.54, 1.807) is 6.07 Å². The molecule has 0 aliphatic rings. The molecule has 0 amide bonds. The van der Waals surface area contributed by atoms with Gasteiger partial charge in [-0.25, -0.2) is 4.39 Å². The van der Waals surface area contributed by atoms with Gasteiger partial charge in [0, 0.05) is 11.1 Å². The van der Waals surface area contributed by atoms with Crippen molar-refractivity contribution in [3.05, 3.63) is 53.6 Å². The number of aliphatic hydroxyl groups excluding tert-OH is 1. The van der Waals surface area contributed by atoms with Crippen LogP contribution >= 0.6 is 0 Å². The Hall–Kier alpha value is -2.85. The van der Waals surface area contributed by atoms with Gasteiger partial charge in [0.15, 0.2) is 0 Å². The lowest BCUT2D eigenvalue weighted by atomic mass is 10.1. The Morgan fingerprint density at radius 2 is 1.58 bits per heavy atom. The lowest BCUT2D eigenvalue weighted by Crippen LogP contribution is -2.10. The largest absolute Gasteiger partial charge is 0.491 e. The van der Waals surface area contributed by atoms with Crippen LogP contribution < -0.4 is 4.74 Å². The molecule has 0 fully saturated rings. The summed E-state index contributed by atoms with van der Waals surface area (Å²) in [6, 6.07) is 13.2. The van der Waals surface area contributed by atoms with Gasteiger partial charge in [0.05, 0.1) is 46.2 Å². The predicted molar refractivity (Wildman–Crippen MR) is 120 cm³/mol. The summed E-state index contributed by atoms with van der Waals surface area (Å²) in [7, 11) is 0. The van der Waals surface area contributed by atoms with Gasteiger partial charge in [0.2, 0.25) is 5.82 Å². The van der Waals surface area contributed by atoms with E-state index in [0.717, 1.165) is 22.3 Å². The summed E-state index contributed by atoms with van der Waals surface area (Å²) in [5.74, 6) is 1.52. The van der Waals surface area contributed by atoms with Crippen LogP contribution in [0.5, 0.6) is 5.75 Å². The molecule has 0 spiro atoms. The average molecular weight is 461 g/mol. The first-order valence-corrected chi connectivity index (χ1v) is 10.8. The molecule has 0 bridgehead atoms. The normalized spacial score (nSPS) is 11.1. The first-order chi connectivity index (χ1) is 16.2. The van der Waals surface area contributed by atoms with Crippen molar-refractivity contribution in [3.8, 4) is 28.6 Å². The van der Waals surface area contributed by atoms with Gasteiger partial charge in [-0.05, 0) is 36.2 Å². The third-order valence-electron chi connectivity index (χ3n) is 4.64. The molecule has 3 rings (SSSR count). The third kappa shape index (κ3) is 7.90. The number of ether oxygens (including phenoxy) is 4. The van der Waals surface area contributed by atoms with Crippen molar-refractivity contribution in [1.82, 2.24) is 10.1 Å². The molecule has 0 aliphatic heterocycles. The van der Waals surface area contributed by atoms with E-state index < -0.39 is 6.67 Å². The topological polar surface area (TPSA) is 96.1 Å². The summed E-state index contributed by atoms with van der Waals surface area (Å²) in [6.45, 7) is 4.08. The second-order valence-corrected chi connectivity index (χ2v) is 7.14. The van der Waals surface area contributed by atoms with Crippen LogP contribution in [0.1, 0.15) is 11.1 Å². The Morgan fingerprint density at radius 1 is 0.879 bits per heavy atom. The SMILES string of the molecule is Cc1cc(-c2nc(-c3ccc(COCCOCCOCCO)cc3)no2)ccc1OCCF. The highest BCUT2D eigenvalue weighted by Crippen LogP contribution is 2.27. The van der Waals surface area contributed by atoms with Gasteiger partial charge in [0.1, 0.15) is 19.0 Å². The smallest absolute Gasteiger partial charge is 0.258 e. The summed E-state index contributed by atoms with van der Waals surface area (Å²) in [5.41, 5.74) is 3.49. The van der Waals surface area contributed by atoms with Crippen LogP contribution in [0.25, 0.3) is 22.8 Å². The zero-order valence-corrected chi connectivity index (χ0v) is 18.7. The molecule has 0 saturated carbocycles. The molecule has 3 aromatic rings. The maximum atomic E-state index is 12.3. The second kappa shape index (κ2) is 13.6. The van der Waals surface area contributed by atoms with Crippen LogP contribution in [0.3, 0.4) is 0 Å². The van der Waals surface area contributed by atoms with Crippen molar-refractivity contribution in [2.24, 2.45) is 0 Å². The van der Waals surface area contributed by atoms with E-state index >= 15 is 0 Å². The van der Waals surface area contributed by atoms with Gasteiger partial charge in [-0.15, -0.1) is 0 Å². The van der Waals surface area contributed by atoms with E-state index in [1.807, 2.05) is 43.3 Å². The van der Waals surface area contributed by atoms with Gasteiger partial charge in [-0.2, -0.15) is 4.98 Å². The zero-order valence-electron chi connectivity index (χ0n) is 18.7.